The van der Waals surface area contributed by atoms with Crippen molar-refractivity contribution in [2.75, 3.05) is 18.4 Å². The normalized spacial score (nSPS) is 24.5. The summed E-state index contributed by atoms with van der Waals surface area (Å²) in [5, 5.41) is 10.0. The van der Waals surface area contributed by atoms with Crippen molar-refractivity contribution in [3.05, 3.63) is 47.3 Å². The van der Waals surface area contributed by atoms with Crippen LogP contribution in [0, 0.1) is 5.92 Å². The molecule has 1 aromatic carbocycles. The monoisotopic (exact) mass is 549 g/mol. The van der Waals surface area contributed by atoms with E-state index in [0.29, 0.717) is 29.3 Å². The summed E-state index contributed by atoms with van der Waals surface area (Å²) in [6.07, 6.45) is 6.29. The van der Waals surface area contributed by atoms with Crippen molar-refractivity contribution in [3.63, 3.8) is 0 Å². The van der Waals surface area contributed by atoms with E-state index in [0.717, 1.165) is 41.2 Å². The molecular formula is C26H28BrN7O2. The second kappa shape index (κ2) is 9.40. The molecule has 1 aliphatic carbocycles. The highest BCUT2D eigenvalue weighted by Gasteiger charge is 2.35. The van der Waals surface area contributed by atoms with Gasteiger partial charge >= 0.3 is 0 Å². The van der Waals surface area contributed by atoms with Gasteiger partial charge in [-0.05, 0) is 73.3 Å². The number of benzene rings is 1. The molecule has 2 fully saturated rings. The maximum atomic E-state index is 13.2. The van der Waals surface area contributed by atoms with E-state index in [1.807, 2.05) is 47.7 Å². The molecule has 0 unspecified atom stereocenters. The van der Waals surface area contributed by atoms with Crippen LogP contribution in [0.4, 0.5) is 5.95 Å². The number of carbonyl (C=O) groups excluding carboxylic acids is 1. The number of morpholine rings is 1. The predicted octanol–water partition coefficient (Wildman–Crippen LogP) is 4.34. The van der Waals surface area contributed by atoms with Crippen molar-refractivity contribution in [2.24, 2.45) is 5.92 Å². The molecule has 4 atom stereocenters. The van der Waals surface area contributed by atoms with Gasteiger partial charge in [-0.25, -0.2) is 9.67 Å². The van der Waals surface area contributed by atoms with Crippen LogP contribution in [0.3, 0.4) is 0 Å². The zero-order chi connectivity index (χ0) is 24.8. The predicted molar refractivity (Wildman–Crippen MR) is 141 cm³/mol. The van der Waals surface area contributed by atoms with E-state index < -0.39 is 0 Å². The van der Waals surface area contributed by atoms with Crippen LogP contribution in [-0.4, -0.2) is 66.9 Å². The quantitative estimate of drug-likeness (QED) is 0.404. The number of amides is 1. The molecule has 4 heterocycles. The molecule has 4 aromatic rings. The van der Waals surface area contributed by atoms with E-state index in [-0.39, 0.29) is 30.1 Å². The van der Waals surface area contributed by atoms with Gasteiger partial charge in [0.1, 0.15) is 4.60 Å². The van der Waals surface area contributed by atoms with Crippen molar-refractivity contribution in [3.8, 4) is 5.69 Å². The minimum absolute atomic E-state index is 0.0228. The molecule has 36 heavy (non-hydrogen) atoms. The standard InChI is InChI=1S/C26H28BrN7O2/c1-15-13-33(14-16(2)36-15)25(35)18-5-6-19(10-18)30-26-29-12-21-23(27)32-34(24(21)31-26)20-7-8-22-17(11-20)4-3-9-28-22/h3-4,7-9,11-12,15-16,18-19H,5-6,10,13-14H2,1-2H3,(H,29,30,31)/t15-,16+,18-,19-/m1/s1. The lowest BCUT2D eigenvalue weighted by Gasteiger charge is -2.36. The second-order valence-electron chi connectivity index (χ2n) is 9.87. The Bertz CT molecular complexity index is 1430. The molecule has 6 rings (SSSR count). The minimum Gasteiger partial charge on any atom is -0.372 e. The number of carbonyl (C=O) groups is 1. The smallest absolute Gasteiger partial charge is 0.225 e. The highest BCUT2D eigenvalue weighted by molar-refractivity contribution is 9.10. The van der Waals surface area contributed by atoms with Crippen LogP contribution in [0.25, 0.3) is 27.6 Å². The summed E-state index contributed by atoms with van der Waals surface area (Å²) in [4.78, 5) is 28.9. The van der Waals surface area contributed by atoms with Gasteiger partial charge in [-0.1, -0.05) is 6.07 Å². The first-order chi connectivity index (χ1) is 17.4. The summed E-state index contributed by atoms with van der Waals surface area (Å²) >= 11 is 3.55. The summed E-state index contributed by atoms with van der Waals surface area (Å²) in [6.45, 7) is 5.39. The molecule has 1 amide bonds. The van der Waals surface area contributed by atoms with Gasteiger partial charge in [0, 0.05) is 42.8 Å². The lowest BCUT2D eigenvalue weighted by molar-refractivity contribution is -0.147. The molecule has 10 heteroatoms. The average Bonchev–Trinajstić information content (AvgIpc) is 3.47. The van der Waals surface area contributed by atoms with Gasteiger partial charge in [0.2, 0.25) is 11.9 Å². The molecule has 1 saturated heterocycles. The number of hydrogen-bond acceptors (Lipinski definition) is 7. The largest absolute Gasteiger partial charge is 0.372 e. The first-order valence-corrected chi connectivity index (χ1v) is 13.2. The number of nitrogens with zero attached hydrogens (tertiary/aromatic N) is 6. The van der Waals surface area contributed by atoms with Crippen LogP contribution in [0.5, 0.6) is 0 Å². The van der Waals surface area contributed by atoms with Gasteiger partial charge in [0.15, 0.2) is 5.65 Å². The van der Waals surface area contributed by atoms with E-state index in [4.69, 9.17) is 9.72 Å². The number of hydrogen-bond donors (Lipinski definition) is 1. The van der Waals surface area contributed by atoms with E-state index >= 15 is 0 Å². The summed E-state index contributed by atoms with van der Waals surface area (Å²) < 4.78 is 8.30. The first-order valence-electron chi connectivity index (χ1n) is 12.4. The van der Waals surface area contributed by atoms with Crippen molar-refractivity contribution in [1.82, 2.24) is 29.6 Å². The zero-order valence-electron chi connectivity index (χ0n) is 20.3. The summed E-state index contributed by atoms with van der Waals surface area (Å²) in [5.74, 6) is 0.811. The van der Waals surface area contributed by atoms with Crippen molar-refractivity contribution >= 4 is 49.7 Å². The van der Waals surface area contributed by atoms with Crippen LogP contribution in [-0.2, 0) is 9.53 Å². The number of aromatic nitrogens is 5. The molecule has 1 N–H and O–H groups in total. The molecular weight excluding hydrogens is 522 g/mol. The second-order valence-corrected chi connectivity index (χ2v) is 10.6. The van der Waals surface area contributed by atoms with E-state index in [1.54, 1.807) is 12.4 Å². The fourth-order valence-electron chi connectivity index (χ4n) is 5.45. The first kappa shape index (κ1) is 23.3. The fraction of sp³-hybridized carbons (Fsp3) is 0.423. The Hall–Kier alpha value is -3.11. The number of pyridine rings is 1. The summed E-state index contributed by atoms with van der Waals surface area (Å²) in [5.41, 5.74) is 2.54. The maximum Gasteiger partial charge on any atom is 0.225 e. The van der Waals surface area contributed by atoms with Gasteiger partial charge in [0.05, 0.1) is 28.8 Å². The van der Waals surface area contributed by atoms with Gasteiger partial charge in [-0.2, -0.15) is 10.1 Å². The Balaban J connectivity index is 1.21. The van der Waals surface area contributed by atoms with Gasteiger partial charge in [0.25, 0.3) is 0 Å². The summed E-state index contributed by atoms with van der Waals surface area (Å²) in [6, 6.07) is 10.1. The molecule has 0 spiro atoms. The molecule has 2 aliphatic rings. The SMILES string of the molecule is C[C@@H]1CN(C(=O)[C@@H]2CC[C@@H](Nc3ncc4c(Br)nn(-c5ccc6ncccc6c5)c4n3)C2)C[C@H](C)O1. The molecule has 0 bridgehead atoms. The lowest BCUT2D eigenvalue weighted by atomic mass is 10.0. The zero-order valence-corrected chi connectivity index (χ0v) is 21.9. The maximum absolute atomic E-state index is 13.2. The van der Waals surface area contributed by atoms with Crippen LogP contribution >= 0.6 is 15.9 Å². The van der Waals surface area contributed by atoms with E-state index in [9.17, 15) is 4.79 Å². The van der Waals surface area contributed by atoms with Crippen molar-refractivity contribution < 1.29 is 9.53 Å². The lowest BCUT2D eigenvalue weighted by Crippen LogP contribution is -2.49. The highest BCUT2D eigenvalue weighted by Crippen LogP contribution is 2.31. The van der Waals surface area contributed by atoms with Crippen LogP contribution in [0.2, 0.25) is 0 Å². The number of rotatable bonds is 4. The third-order valence-electron chi connectivity index (χ3n) is 7.06. The summed E-state index contributed by atoms with van der Waals surface area (Å²) in [7, 11) is 0. The molecule has 3 aromatic heterocycles. The third-order valence-corrected chi connectivity index (χ3v) is 7.64. The average molecular weight is 550 g/mol. The fourth-order valence-corrected chi connectivity index (χ4v) is 5.89. The van der Waals surface area contributed by atoms with Crippen molar-refractivity contribution in [2.45, 2.75) is 51.4 Å². The van der Waals surface area contributed by atoms with Crippen LogP contribution in [0.15, 0.2) is 47.3 Å². The van der Waals surface area contributed by atoms with Gasteiger partial charge in [-0.15, -0.1) is 0 Å². The third kappa shape index (κ3) is 4.43. The molecule has 1 aliphatic heterocycles. The topological polar surface area (TPSA) is 98.1 Å². The van der Waals surface area contributed by atoms with Crippen LogP contribution in [0.1, 0.15) is 33.1 Å². The molecule has 9 nitrogen and oxygen atoms in total. The number of anilines is 1. The number of ether oxygens (including phenoxy) is 1. The van der Waals surface area contributed by atoms with E-state index in [2.05, 4.69) is 42.4 Å². The number of fused-ring (bicyclic) bond motifs is 2. The van der Waals surface area contributed by atoms with Crippen LogP contribution < -0.4 is 5.32 Å². The Morgan fingerprint density at radius 3 is 2.81 bits per heavy atom. The van der Waals surface area contributed by atoms with E-state index in [1.165, 1.54) is 0 Å². The Morgan fingerprint density at radius 1 is 1.14 bits per heavy atom. The Kier molecular flexibility index (Phi) is 6.08. The molecule has 0 radical (unpaired) electrons. The Morgan fingerprint density at radius 2 is 1.97 bits per heavy atom. The number of nitrogens with one attached hydrogen (secondary N) is 1. The molecule has 186 valence electrons. The molecule has 1 saturated carbocycles. The number of halogens is 1. The minimum atomic E-state index is 0.0228. The highest BCUT2D eigenvalue weighted by atomic mass is 79.9. The van der Waals surface area contributed by atoms with Gasteiger partial charge in [-0.3, -0.25) is 9.78 Å². The van der Waals surface area contributed by atoms with Crippen molar-refractivity contribution in [1.29, 1.82) is 0 Å². The van der Waals surface area contributed by atoms with Gasteiger partial charge < -0.3 is 15.0 Å². The Labute approximate surface area is 217 Å².